The Morgan fingerprint density at radius 2 is 1.67 bits per heavy atom. The normalized spacial score (nSPS) is 14.8. The predicted molar refractivity (Wildman–Crippen MR) is 125 cm³/mol. The quantitative estimate of drug-likeness (QED) is 0.432. The molecular formula is C22H24N6O4S. The van der Waals surface area contributed by atoms with Gasteiger partial charge < -0.3 is 10.2 Å². The molecule has 10 nitrogen and oxygen atoms in total. The SMILES string of the molecule is Cc1ccc(Nc2cc(C)nc(N3CCN(S(=O)(=O)c4cccc([N+](=O)[O-])c4)CC3)n2)cc1. The van der Waals surface area contributed by atoms with Gasteiger partial charge in [-0.1, -0.05) is 23.8 Å². The summed E-state index contributed by atoms with van der Waals surface area (Å²) in [7, 11) is -3.84. The molecule has 0 aliphatic carbocycles. The molecule has 1 N–H and O–H groups in total. The van der Waals surface area contributed by atoms with Crippen LogP contribution in [0.25, 0.3) is 0 Å². The number of hydrogen-bond acceptors (Lipinski definition) is 8. The molecule has 1 fully saturated rings. The lowest BCUT2D eigenvalue weighted by Gasteiger charge is -2.34. The molecule has 1 saturated heterocycles. The number of non-ortho nitro benzene ring substituents is 1. The van der Waals surface area contributed by atoms with Crippen LogP contribution in [0.5, 0.6) is 0 Å². The number of nitro benzene ring substituents is 1. The molecule has 11 heteroatoms. The number of benzene rings is 2. The number of nitrogens with one attached hydrogen (secondary N) is 1. The molecular weight excluding hydrogens is 444 g/mol. The summed E-state index contributed by atoms with van der Waals surface area (Å²) in [6.07, 6.45) is 0. The number of sulfonamides is 1. The Morgan fingerprint density at radius 1 is 0.970 bits per heavy atom. The first kappa shape index (κ1) is 22.6. The number of rotatable bonds is 6. The molecule has 33 heavy (non-hydrogen) atoms. The van der Waals surface area contributed by atoms with Crippen LogP contribution in [0.4, 0.5) is 23.1 Å². The molecule has 1 aromatic heterocycles. The fourth-order valence-corrected chi connectivity index (χ4v) is 5.04. The summed E-state index contributed by atoms with van der Waals surface area (Å²) in [5.74, 6) is 1.19. The van der Waals surface area contributed by atoms with E-state index in [1.807, 2.05) is 49.1 Å². The Labute approximate surface area is 192 Å². The van der Waals surface area contributed by atoms with Crippen molar-refractivity contribution in [1.29, 1.82) is 0 Å². The minimum absolute atomic E-state index is 0.0819. The van der Waals surface area contributed by atoms with Crippen molar-refractivity contribution in [3.8, 4) is 0 Å². The largest absolute Gasteiger partial charge is 0.340 e. The average molecular weight is 469 g/mol. The molecule has 1 aliphatic heterocycles. The Morgan fingerprint density at radius 3 is 2.33 bits per heavy atom. The third kappa shape index (κ3) is 5.10. The van der Waals surface area contributed by atoms with Crippen LogP contribution in [-0.2, 0) is 10.0 Å². The monoisotopic (exact) mass is 468 g/mol. The molecule has 0 saturated carbocycles. The van der Waals surface area contributed by atoms with Crippen LogP contribution in [-0.4, -0.2) is 53.8 Å². The number of aromatic nitrogens is 2. The highest BCUT2D eigenvalue weighted by Gasteiger charge is 2.30. The number of nitrogens with zero attached hydrogens (tertiary/aromatic N) is 5. The number of nitro groups is 1. The lowest BCUT2D eigenvalue weighted by molar-refractivity contribution is -0.385. The van der Waals surface area contributed by atoms with Crippen LogP contribution in [0.1, 0.15) is 11.3 Å². The van der Waals surface area contributed by atoms with E-state index in [-0.39, 0.29) is 23.7 Å². The maximum Gasteiger partial charge on any atom is 0.270 e. The zero-order valence-corrected chi connectivity index (χ0v) is 19.1. The summed E-state index contributed by atoms with van der Waals surface area (Å²) >= 11 is 0. The van der Waals surface area contributed by atoms with Crippen LogP contribution in [0.2, 0.25) is 0 Å². The van der Waals surface area contributed by atoms with Crippen LogP contribution >= 0.6 is 0 Å². The van der Waals surface area contributed by atoms with Crippen molar-refractivity contribution < 1.29 is 13.3 Å². The molecule has 0 amide bonds. The molecule has 2 heterocycles. The fourth-order valence-electron chi connectivity index (χ4n) is 3.58. The summed E-state index contributed by atoms with van der Waals surface area (Å²) in [6, 6.07) is 14.9. The smallest absolute Gasteiger partial charge is 0.270 e. The maximum absolute atomic E-state index is 13.0. The number of anilines is 3. The first-order valence-corrected chi connectivity index (χ1v) is 11.9. The molecule has 1 aliphatic rings. The minimum atomic E-state index is -3.84. The van der Waals surface area contributed by atoms with Crippen LogP contribution in [0, 0.1) is 24.0 Å². The Hall–Kier alpha value is -3.57. The van der Waals surface area contributed by atoms with Gasteiger partial charge in [0.05, 0.1) is 9.82 Å². The molecule has 0 radical (unpaired) electrons. The van der Waals surface area contributed by atoms with E-state index in [9.17, 15) is 18.5 Å². The zero-order valence-electron chi connectivity index (χ0n) is 18.3. The summed E-state index contributed by atoms with van der Waals surface area (Å²) in [5.41, 5.74) is 2.62. The van der Waals surface area contributed by atoms with Gasteiger partial charge in [0.2, 0.25) is 16.0 Å². The van der Waals surface area contributed by atoms with Gasteiger partial charge in [-0.25, -0.2) is 13.4 Å². The van der Waals surface area contributed by atoms with Crippen LogP contribution in [0.15, 0.2) is 59.5 Å². The van der Waals surface area contributed by atoms with Gasteiger partial charge in [-0.2, -0.15) is 9.29 Å². The van der Waals surface area contributed by atoms with E-state index in [1.165, 1.54) is 22.5 Å². The van der Waals surface area contributed by atoms with Gasteiger partial charge in [0.25, 0.3) is 5.69 Å². The lowest BCUT2D eigenvalue weighted by Crippen LogP contribution is -2.49. The first-order valence-electron chi connectivity index (χ1n) is 10.4. The first-order chi connectivity index (χ1) is 15.7. The highest BCUT2D eigenvalue weighted by Crippen LogP contribution is 2.24. The maximum atomic E-state index is 13.0. The Bertz CT molecular complexity index is 1270. The second kappa shape index (κ2) is 9.12. The van der Waals surface area contributed by atoms with Crippen molar-refractivity contribution in [2.75, 3.05) is 36.4 Å². The van der Waals surface area contributed by atoms with Crippen molar-refractivity contribution in [2.45, 2.75) is 18.7 Å². The van der Waals surface area contributed by atoms with Crippen molar-refractivity contribution in [3.63, 3.8) is 0 Å². The average Bonchev–Trinajstić information content (AvgIpc) is 2.80. The van der Waals surface area contributed by atoms with Gasteiger partial charge in [0, 0.05) is 55.8 Å². The van der Waals surface area contributed by atoms with Gasteiger partial charge in [-0.3, -0.25) is 10.1 Å². The van der Waals surface area contributed by atoms with Crippen molar-refractivity contribution in [1.82, 2.24) is 14.3 Å². The third-order valence-electron chi connectivity index (χ3n) is 5.35. The van der Waals surface area contributed by atoms with Gasteiger partial charge in [0.1, 0.15) is 5.82 Å². The van der Waals surface area contributed by atoms with Gasteiger partial charge in [0.15, 0.2) is 0 Å². The summed E-state index contributed by atoms with van der Waals surface area (Å²) < 4.78 is 27.3. The number of piperazine rings is 1. The highest BCUT2D eigenvalue weighted by molar-refractivity contribution is 7.89. The van der Waals surface area contributed by atoms with E-state index in [4.69, 9.17) is 0 Å². The summed E-state index contributed by atoms with van der Waals surface area (Å²) in [4.78, 5) is 21.4. The van der Waals surface area contributed by atoms with Gasteiger partial charge in [-0.15, -0.1) is 0 Å². The van der Waals surface area contributed by atoms with E-state index in [0.29, 0.717) is 24.9 Å². The minimum Gasteiger partial charge on any atom is -0.340 e. The van der Waals surface area contributed by atoms with Crippen LogP contribution < -0.4 is 10.2 Å². The van der Waals surface area contributed by atoms with Crippen molar-refractivity contribution in [3.05, 3.63) is 76.0 Å². The molecule has 2 aromatic carbocycles. The second-order valence-electron chi connectivity index (χ2n) is 7.83. The molecule has 0 bridgehead atoms. The fraction of sp³-hybridized carbons (Fsp3) is 0.273. The zero-order chi connectivity index (χ0) is 23.6. The summed E-state index contributed by atoms with van der Waals surface area (Å²) in [5, 5.41) is 14.3. The van der Waals surface area contributed by atoms with Gasteiger partial charge >= 0.3 is 0 Å². The Kier molecular flexibility index (Phi) is 6.25. The third-order valence-corrected chi connectivity index (χ3v) is 7.25. The van der Waals surface area contributed by atoms with E-state index < -0.39 is 14.9 Å². The van der Waals surface area contributed by atoms with E-state index in [0.717, 1.165) is 23.0 Å². The number of hydrogen-bond donors (Lipinski definition) is 1. The van der Waals surface area contributed by atoms with E-state index >= 15 is 0 Å². The topological polar surface area (TPSA) is 122 Å². The summed E-state index contributed by atoms with van der Waals surface area (Å²) in [6.45, 7) is 5.17. The second-order valence-corrected chi connectivity index (χ2v) is 9.77. The standard InChI is InChI=1S/C22H24N6O4S/c1-16-6-8-18(9-7-16)24-21-14-17(2)23-22(25-21)26-10-12-27(13-11-26)33(31,32)20-5-3-4-19(15-20)28(29)30/h3-9,14-15H,10-13H2,1-2H3,(H,23,24,25). The van der Waals surface area contributed by atoms with E-state index in [2.05, 4.69) is 15.3 Å². The number of aryl methyl sites for hydroxylation is 2. The lowest BCUT2D eigenvalue weighted by atomic mass is 10.2. The van der Waals surface area contributed by atoms with Crippen molar-refractivity contribution >= 4 is 33.2 Å². The molecule has 0 spiro atoms. The molecule has 172 valence electrons. The van der Waals surface area contributed by atoms with Gasteiger partial charge in [-0.05, 0) is 32.0 Å². The molecule has 0 unspecified atom stereocenters. The van der Waals surface area contributed by atoms with Crippen LogP contribution in [0.3, 0.4) is 0 Å². The molecule has 4 rings (SSSR count). The highest BCUT2D eigenvalue weighted by atomic mass is 32.2. The predicted octanol–water partition coefficient (Wildman–Crippen LogP) is 3.26. The molecule has 0 atom stereocenters. The molecule has 3 aromatic rings. The van der Waals surface area contributed by atoms with E-state index in [1.54, 1.807) is 0 Å². The van der Waals surface area contributed by atoms with Crippen molar-refractivity contribution in [2.24, 2.45) is 0 Å². The Balaban J connectivity index is 1.47.